The molecule has 1 heterocycles. The molecule has 0 aliphatic rings. The molecule has 1 aromatic heterocycles. The molecule has 0 fully saturated rings. The second-order valence-electron chi connectivity index (χ2n) is 1.73. The molecular formula is C8H10BrNO. The standard InChI is InChI=1S/C8H10BrNO/c1-6(2)11-8-5-3-4-7(9)10-8/h3-6H,1-2H3/i1D3,2D3,6D. The number of aromatic nitrogens is 1. The first-order valence-corrected chi connectivity index (χ1v) is 3.58. The zero-order valence-corrected chi connectivity index (χ0v) is 7.05. The Morgan fingerprint density at radius 2 is 2.55 bits per heavy atom. The van der Waals surface area contributed by atoms with Crippen LogP contribution in [-0.4, -0.2) is 11.1 Å². The summed E-state index contributed by atoms with van der Waals surface area (Å²) >= 11 is 3.04. The van der Waals surface area contributed by atoms with Gasteiger partial charge in [-0.15, -0.1) is 0 Å². The summed E-state index contributed by atoms with van der Waals surface area (Å²) in [4.78, 5) is 3.76. The lowest BCUT2D eigenvalue weighted by Gasteiger charge is -2.07. The first-order chi connectivity index (χ1) is 7.97. The molecule has 0 saturated heterocycles. The zero-order chi connectivity index (χ0) is 14.2. The van der Waals surface area contributed by atoms with Crippen molar-refractivity contribution >= 4 is 15.9 Å². The van der Waals surface area contributed by atoms with Crippen molar-refractivity contribution in [3.63, 3.8) is 0 Å². The quantitative estimate of drug-likeness (QED) is 0.719. The fraction of sp³-hybridized carbons (Fsp3) is 0.375. The third-order valence-corrected chi connectivity index (χ3v) is 1.34. The molecule has 60 valence electrons. The molecule has 0 aromatic carbocycles. The number of pyridine rings is 1. The Labute approximate surface area is 84.6 Å². The molecule has 0 atom stereocenters. The van der Waals surface area contributed by atoms with Crippen molar-refractivity contribution in [2.45, 2.75) is 19.8 Å². The Balaban J connectivity index is 3.16. The van der Waals surface area contributed by atoms with E-state index < -0.39 is 19.8 Å². The molecule has 0 aliphatic heterocycles. The van der Waals surface area contributed by atoms with Crippen LogP contribution in [0.15, 0.2) is 22.8 Å². The van der Waals surface area contributed by atoms with E-state index in [1.54, 1.807) is 6.07 Å². The van der Waals surface area contributed by atoms with Crippen LogP contribution >= 0.6 is 15.9 Å². The third-order valence-electron chi connectivity index (χ3n) is 0.896. The van der Waals surface area contributed by atoms with Gasteiger partial charge in [0.2, 0.25) is 5.88 Å². The lowest BCUT2D eigenvalue weighted by molar-refractivity contribution is 0.232. The Bertz CT molecular complexity index is 416. The molecule has 0 spiro atoms. The normalized spacial score (nSPS) is 22.8. The highest BCUT2D eigenvalue weighted by atomic mass is 79.9. The summed E-state index contributed by atoms with van der Waals surface area (Å²) in [5.41, 5.74) is 0. The summed E-state index contributed by atoms with van der Waals surface area (Å²) in [6.45, 7) is -6.27. The van der Waals surface area contributed by atoms with Gasteiger partial charge in [-0.25, -0.2) is 4.98 Å². The summed E-state index contributed by atoms with van der Waals surface area (Å²) < 4.78 is 55.8. The average Bonchev–Trinajstić information content (AvgIpc) is 2.13. The summed E-state index contributed by atoms with van der Waals surface area (Å²) in [7, 11) is 0. The molecule has 0 unspecified atom stereocenters. The van der Waals surface area contributed by atoms with Gasteiger partial charge >= 0.3 is 0 Å². The number of rotatable bonds is 2. The van der Waals surface area contributed by atoms with Gasteiger partial charge < -0.3 is 4.74 Å². The molecule has 0 bridgehead atoms. The first-order valence-electron chi connectivity index (χ1n) is 6.29. The van der Waals surface area contributed by atoms with Crippen molar-refractivity contribution in [1.29, 1.82) is 0 Å². The monoisotopic (exact) mass is 222 g/mol. The van der Waals surface area contributed by atoms with Crippen molar-refractivity contribution in [3.05, 3.63) is 22.8 Å². The van der Waals surface area contributed by atoms with E-state index in [1.165, 1.54) is 12.1 Å². The van der Waals surface area contributed by atoms with Crippen LogP contribution in [0.3, 0.4) is 0 Å². The maximum absolute atomic E-state index is 7.63. The van der Waals surface area contributed by atoms with E-state index >= 15 is 0 Å². The van der Waals surface area contributed by atoms with Crippen LogP contribution in [0, 0.1) is 0 Å². The number of hydrogen-bond acceptors (Lipinski definition) is 2. The van der Waals surface area contributed by atoms with Gasteiger partial charge in [0.25, 0.3) is 0 Å². The summed E-state index contributed by atoms with van der Waals surface area (Å²) in [5, 5.41) is 0. The van der Waals surface area contributed by atoms with Crippen molar-refractivity contribution < 1.29 is 14.3 Å². The number of ether oxygens (including phenoxy) is 1. The molecule has 11 heavy (non-hydrogen) atoms. The van der Waals surface area contributed by atoms with Crippen molar-refractivity contribution in [3.8, 4) is 5.88 Å². The molecule has 0 amide bonds. The fourth-order valence-corrected chi connectivity index (χ4v) is 0.878. The highest BCUT2D eigenvalue weighted by Crippen LogP contribution is 2.12. The van der Waals surface area contributed by atoms with Crippen LogP contribution in [0.5, 0.6) is 5.88 Å². The Morgan fingerprint density at radius 3 is 3.18 bits per heavy atom. The summed E-state index contributed by atoms with van der Waals surface area (Å²) in [6.07, 6.45) is -3.06. The largest absolute Gasteiger partial charge is 0.475 e. The number of hydrogen-bond donors (Lipinski definition) is 0. The average molecular weight is 223 g/mol. The third kappa shape index (κ3) is 2.89. The van der Waals surface area contributed by atoms with E-state index in [4.69, 9.17) is 14.3 Å². The fourth-order valence-electron chi connectivity index (χ4n) is 0.551. The van der Waals surface area contributed by atoms with E-state index in [0.29, 0.717) is 4.60 Å². The van der Waals surface area contributed by atoms with E-state index in [0.717, 1.165) is 0 Å². The van der Waals surface area contributed by atoms with Crippen LogP contribution in [0.2, 0.25) is 0 Å². The molecule has 1 aromatic rings. The second kappa shape index (κ2) is 3.72. The lowest BCUT2D eigenvalue weighted by Crippen LogP contribution is -2.06. The molecule has 0 radical (unpaired) electrons. The van der Waals surface area contributed by atoms with Gasteiger partial charge in [0.1, 0.15) is 4.60 Å². The van der Waals surface area contributed by atoms with Gasteiger partial charge in [0.05, 0.1) is 7.45 Å². The molecule has 2 nitrogen and oxygen atoms in total. The molecular weight excluding hydrogens is 206 g/mol. The van der Waals surface area contributed by atoms with E-state index in [2.05, 4.69) is 20.9 Å². The Kier molecular flexibility index (Phi) is 1.03. The van der Waals surface area contributed by atoms with Crippen LogP contribution in [0.25, 0.3) is 0 Å². The smallest absolute Gasteiger partial charge is 0.214 e. The van der Waals surface area contributed by atoms with E-state index in [1.807, 2.05) is 0 Å². The Morgan fingerprint density at radius 1 is 1.73 bits per heavy atom. The SMILES string of the molecule is [2H]C([2H])([2H])C([2H])(Oc1cccc(Br)n1)C([2H])([2H])[2H]. The minimum atomic E-state index is -3.14. The van der Waals surface area contributed by atoms with E-state index in [-0.39, 0.29) is 5.88 Å². The summed E-state index contributed by atoms with van der Waals surface area (Å²) in [6, 6.07) is 4.33. The van der Waals surface area contributed by atoms with Gasteiger partial charge in [0, 0.05) is 14.3 Å². The minimum Gasteiger partial charge on any atom is -0.475 e. The maximum atomic E-state index is 7.63. The first kappa shape index (κ1) is 3.05. The number of halogens is 1. The van der Waals surface area contributed by atoms with Crippen molar-refractivity contribution in [1.82, 2.24) is 4.98 Å². The van der Waals surface area contributed by atoms with Gasteiger partial charge in [-0.1, -0.05) is 6.07 Å². The van der Waals surface area contributed by atoms with Crippen LogP contribution in [-0.2, 0) is 0 Å². The molecule has 0 saturated carbocycles. The predicted molar refractivity (Wildman–Crippen MR) is 47.7 cm³/mol. The van der Waals surface area contributed by atoms with Crippen LogP contribution in [0.4, 0.5) is 0 Å². The minimum absolute atomic E-state index is 0.244. The van der Waals surface area contributed by atoms with Gasteiger partial charge in [-0.3, -0.25) is 0 Å². The second-order valence-corrected chi connectivity index (χ2v) is 2.54. The molecule has 1 rings (SSSR count). The van der Waals surface area contributed by atoms with Crippen LogP contribution in [0.1, 0.15) is 23.3 Å². The maximum Gasteiger partial charge on any atom is 0.214 e. The molecule has 0 N–H and O–H groups in total. The Hall–Kier alpha value is -0.570. The highest BCUT2D eigenvalue weighted by molar-refractivity contribution is 9.10. The van der Waals surface area contributed by atoms with Gasteiger partial charge in [-0.2, -0.15) is 0 Å². The van der Waals surface area contributed by atoms with Crippen LogP contribution < -0.4 is 4.74 Å². The topological polar surface area (TPSA) is 22.1 Å². The van der Waals surface area contributed by atoms with Gasteiger partial charge in [0.15, 0.2) is 0 Å². The van der Waals surface area contributed by atoms with Crippen molar-refractivity contribution in [2.75, 3.05) is 0 Å². The predicted octanol–water partition coefficient (Wildman–Crippen LogP) is 2.63. The molecule has 0 aliphatic carbocycles. The summed E-state index contributed by atoms with van der Waals surface area (Å²) in [5.74, 6) is -0.244. The van der Waals surface area contributed by atoms with Crippen molar-refractivity contribution in [2.24, 2.45) is 0 Å². The number of nitrogens with zero attached hydrogens (tertiary/aromatic N) is 1. The lowest BCUT2D eigenvalue weighted by atomic mass is 10.4. The highest BCUT2D eigenvalue weighted by Gasteiger charge is 1.97. The zero-order valence-electron chi connectivity index (χ0n) is 12.5. The van der Waals surface area contributed by atoms with Gasteiger partial charge in [-0.05, 0) is 35.7 Å². The van der Waals surface area contributed by atoms with E-state index in [9.17, 15) is 0 Å². The molecule has 3 heteroatoms.